The predicted octanol–water partition coefficient (Wildman–Crippen LogP) is 3.22. The summed E-state index contributed by atoms with van der Waals surface area (Å²) in [5.41, 5.74) is 3.36. The molecule has 1 aliphatic rings. The summed E-state index contributed by atoms with van der Waals surface area (Å²) in [6.45, 7) is 5.03. The van der Waals surface area contributed by atoms with Crippen LogP contribution in [0.3, 0.4) is 0 Å². The molecule has 3 rings (SSSR count). The largest absolute Gasteiger partial charge is 0.352 e. The molecule has 1 saturated heterocycles. The van der Waals surface area contributed by atoms with Gasteiger partial charge in [-0.3, -0.25) is 9.59 Å². The topological polar surface area (TPSA) is 49.4 Å². The van der Waals surface area contributed by atoms with Crippen LogP contribution in [0.5, 0.6) is 0 Å². The van der Waals surface area contributed by atoms with E-state index in [0.717, 1.165) is 11.1 Å². The average Bonchev–Trinajstić information content (AvgIpc) is 3.03. The van der Waals surface area contributed by atoms with Gasteiger partial charge in [-0.2, -0.15) is 0 Å². The van der Waals surface area contributed by atoms with Crippen molar-refractivity contribution < 1.29 is 9.59 Å². The number of hydrogen-bond donors (Lipinski definition) is 1. The van der Waals surface area contributed by atoms with Crippen molar-refractivity contribution >= 4 is 11.8 Å². The van der Waals surface area contributed by atoms with Gasteiger partial charge in [0, 0.05) is 19.5 Å². The van der Waals surface area contributed by atoms with Crippen LogP contribution < -0.4 is 5.32 Å². The van der Waals surface area contributed by atoms with E-state index in [1.54, 1.807) is 0 Å². The summed E-state index contributed by atoms with van der Waals surface area (Å²) in [4.78, 5) is 26.6. The fourth-order valence-electron chi connectivity index (χ4n) is 3.23. The van der Waals surface area contributed by atoms with Crippen molar-refractivity contribution in [2.45, 2.75) is 32.9 Å². The Labute approximate surface area is 148 Å². The monoisotopic (exact) mass is 336 g/mol. The van der Waals surface area contributed by atoms with Gasteiger partial charge in [-0.05, 0) is 25.0 Å². The van der Waals surface area contributed by atoms with E-state index in [9.17, 15) is 9.59 Å². The molecule has 2 amide bonds. The standard InChI is InChI=1S/C21H24N2O2/c1-15-8-10-17(11-9-15)13-22-21(25)19-12-20(24)23(14-19)16(2)18-6-4-3-5-7-18/h3-11,16,19H,12-14H2,1-2H3,(H,22,25)/t16-,19-/m1/s1. The second-order valence-corrected chi connectivity index (χ2v) is 6.74. The summed E-state index contributed by atoms with van der Waals surface area (Å²) < 4.78 is 0. The molecule has 2 atom stereocenters. The third-order valence-corrected chi connectivity index (χ3v) is 4.87. The average molecular weight is 336 g/mol. The lowest BCUT2D eigenvalue weighted by Gasteiger charge is -2.25. The molecule has 0 spiro atoms. The summed E-state index contributed by atoms with van der Waals surface area (Å²) in [7, 11) is 0. The lowest BCUT2D eigenvalue weighted by Crippen LogP contribution is -2.33. The molecule has 4 nitrogen and oxygen atoms in total. The number of carbonyl (C=O) groups is 2. The van der Waals surface area contributed by atoms with Gasteiger partial charge in [0.2, 0.25) is 11.8 Å². The molecule has 1 heterocycles. The van der Waals surface area contributed by atoms with Crippen molar-refractivity contribution in [3.63, 3.8) is 0 Å². The van der Waals surface area contributed by atoms with Gasteiger partial charge >= 0.3 is 0 Å². The number of rotatable bonds is 5. The lowest BCUT2D eigenvalue weighted by atomic mass is 10.1. The van der Waals surface area contributed by atoms with Gasteiger partial charge in [0.1, 0.15) is 0 Å². The smallest absolute Gasteiger partial charge is 0.225 e. The molecule has 1 N–H and O–H groups in total. The lowest BCUT2D eigenvalue weighted by molar-refractivity contribution is -0.130. The van der Waals surface area contributed by atoms with E-state index >= 15 is 0 Å². The fourth-order valence-corrected chi connectivity index (χ4v) is 3.23. The van der Waals surface area contributed by atoms with E-state index < -0.39 is 0 Å². The molecule has 25 heavy (non-hydrogen) atoms. The van der Waals surface area contributed by atoms with Crippen molar-refractivity contribution in [1.29, 1.82) is 0 Å². The summed E-state index contributed by atoms with van der Waals surface area (Å²) in [6.07, 6.45) is 0.289. The first kappa shape index (κ1) is 17.2. The van der Waals surface area contributed by atoms with E-state index in [0.29, 0.717) is 13.1 Å². The zero-order valence-electron chi connectivity index (χ0n) is 14.7. The number of aryl methyl sites for hydroxylation is 1. The highest BCUT2D eigenvalue weighted by molar-refractivity contribution is 5.89. The second kappa shape index (κ2) is 7.51. The Kier molecular flexibility index (Phi) is 5.17. The van der Waals surface area contributed by atoms with Crippen molar-refractivity contribution in [2.24, 2.45) is 5.92 Å². The predicted molar refractivity (Wildman–Crippen MR) is 97.7 cm³/mol. The van der Waals surface area contributed by atoms with E-state index in [4.69, 9.17) is 0 Å². The Morgan fingerprint density at radius 2 is 1.84 bits per heavy atom. The first-order valence-electron chi connectivity index (χ1n) is 8.72. The fraction of sp³-hybridized carbons (Fsp3) is 0.333. The van der Waals surface area contributed by atoms with Crippen LogP contribution in [0.2, 0.25) is 0 Å². The zero-order valence-corrected chi connectivity index (χ0v) is 14.7. The maximum absolute atomic E-state index is 12.4. The van der Waals surface area contributed by atoms with Crippen molar-refractivity contribution in [3.05, 3.63) is 71.3 Å². The SMILES string of the molecule is Cc1ccc(CNC(=O)[C@@H]2CC(=O)N([C@H](C)c3ccccc3)C2)cc1. The zero-order chi connectivity index (χ0) is 17.8. The Balaban J connectivity index is 1.58. The van der Waals surface area contributed by atoms with Crippen LogP contribution in [0.15, 0.2) is 54.6 Å². The molecule has 0 saturated carbocycles. The molecule has 4 heteroatoms. The van der Waals surface area contributed by atoms with E-state index in [1.807, 2.05) is 73.3 Å². The first-order valence-corrected chi connectivity index (χ1v) is 8.72. The highest BCUT2D eigenvalue weighted by atomic mass is 16.2. The van der Waals surface area contributed by atoms with Crippen LogP contribution in [-0.2, 0) is 16.1 Å². The Hall–Kier alpha value is -2.62. The van der Waals surface area contributed by atoms with Gasteiger partial charge in [0.15, 0.2) is 0 Å². The van der Waals surface area contributed by atoms with Gasteiger partial charge < -0.3 is 10.2 Å². The highest BCUT2D eigenvalue weighted by Gasteiger charge is 2.36. The van der Waals surface area contributed by atoms with Gasteiger partial charge in [-0.15, -0.1) is 0 Å². The van der Waals surface area contributed by atoms with Crippen LogP contribution in [0.25, 0.3) is 0 Å². The molecule has 2 aromatic rings. The minimum atomic E-state index is -0.274. The molecule has 0 unspecified atom stereocenters. The Bertz CT molecular complexity index is 740. The number of hydrogen-bond acceptors (Lipinski definition) is 2. The molecule has 1 fully saturated rings. The Morgan fingerprint density at radius 1 is 1.16 bits per heavy atom. The van der Waals surface area contributed by atoms with Crippen LogP contribution in [0, 0.1) is 12.8 Å². The number of benzene rings is 2. The van der Waals surface area contributed by atoms with Crippen molar-refractivity contribution in [2.75, 3.05) is 6.54 Å². The van der Waals surface area contributed by atoms with Crippen LogP contribution in [0.4, 0.5) is 0 Å². The third kappa shape index (κ3) is 4.08. The van der Waals surface area contributed by atoms with Crippen LogP contribution >= 0.6 is 0 Å². The molecule has 0 aliphatic carbocycles. The molecule has 0 radical (unpaired) electrons. The summed E-state index contributed by atoms with van der Waals surface area (Å²) >= 11 is 0. The summed E-state index contributed by atoms with van der Waals surface area (Å²) in [5.74, 6) is -0.271. The number of nitrogens with zero attached hydrogens (tertiary/aromatic N) is 1. The van der Waals surface area contributed by atoms with Gasteiger partial charge in [-0.1, -0.05) is 60.2 Å². The van der Waals surface area contributed by atoms with E-state index in [-0.39, 0.29) is 30.2 Å². The quantitative estimate of drug-likeness (QED) is 0.911. The summed E-state index contributed by atoms with van der Waals surface area (Å²) in [5, 5.41) is 2.96. The molecule has 0 aromatic heterocycles. The minimum Gasteiger partial charge on any atom is -0.352 e. The van der Waals surface area contributed by atoms with Crippen molar-refractivity contribution in [1.82, 2.24) is 10.2 Å². The molecular weight excluding hydrogens is 312 g/mol. The maximum atomic E-state index is 12.4. The third-order valence-electron chi connectivity index (χ3n) is 4.87. The Morgan fingerprint density at radius 3 is 2.52 bits per heavy atom. The maximum Gasteiger partial charge on any atom is 0.225 e. The normalized spacial score (nSPS) is 18.2. The van der Waals surface area contributed by atoms with Gasteiger partial charge in [0.05, 0.1) is 12.0 Å². The number of amides is 2. The highest BCUT2D eigenvalue weighted by Crippen LogP contribution is 2.28. The molecule has 2 aromatic carbocycles. The summed E-state index contributed by atoms with van der Waals surface area (Å²) in [6, 6.07) is 18.0. The second-order valence-electron chi connectivity index (χ2n) is 6.74. The van der Waals surface area contributed by atoms with Crippen LogP contribution in [-0.4, -0.2) is 23.3 Å². The minimum absolute atomic E-state index is 0.0106. The number of likely N-dealkylation sites (tertiary alicyclic amines) is 1. The van der Waals surface area contributed by atoms with Gasteiger partial charge in [0.25, 0.3) is 0 Å². The van der Waals surface area contributed by atoms with E-state index in [1.165, 1.54) is 5.56 Å². The first-order chi connectivity index (χ1) is 12.0. The molecule has 130 valence electrons. The molecule has 1 aliphatic heterocycles. The van der Waals surface area contributed by atoms with Crippen molar-refractivity contribution in [3.8, 4) is 0 Å². The number of nitrogens with one attached hydrogen (secondary N) is 1. The molecule has 0 bridgehead atoms. The van der Waals surface area contributed by atoms with Crippen LogP contribution in [0.1, 0.15) is 36.1 Å². The van der Waals surface area contributed by atoms with Gasteiger partial charge in [-0.25, -0.2) is 0 Å². The van der Waals surface area contributed by atoms with E-state index in [2.05, 4.69) is 5.32 Å². The molecular formula is C21H24N2O2. The number of carbonyl (C=O) groups excluding carboxylic acids is 2.